The zero-order chi connectivity index (χ0) is 14.8. The predicted octanol–water partition coefficient (Wildman–Crippen LogP) is 0.843. The molecule has 0 saturated carbocycles. The Kier molecular flexibility index (Phi) is 4.06. The Morgan fingerprint density at radius 2 is 1.95 bits per heavy atom. The van der Waals surface area contributed by atoms with Gasteiger partial charge in [-0.25, -0.2) is 13.6 Å². The van der Waals surface area contributed by atoms with Gasteiger partial charge in [-0.05, 0) is 18.2 Å². The minimum Gasteiger partial charge on any atom is -0.495 e. The number of carbonyl (C=O) groups is 1. The first kappa shape index (κ1) is 15.2. The lowest BCUT2D eigenvalue weighted by Gasteiger charge is -2.12. The van der Waals surface area contributed by atoms with Gasteiger partial charge in [-0.3, -0.25) is 4.79 Å². The quantitative estimate of drug-likeness (QED) is 0.864. The van der Waals surface area contributed by atoms with Gasteiger partial charge in [-0.2, -0.15) is 13.2 Å². The van der Waals surface area contributed by atoms with Crippen LogP contribution in [0.5, 0.6) is 5.75 Å². The molecule has 0 aliphatic rings. The average molecular weight is 298 g/mol. The van der Waals surface area contributed by atoms with Crippen molar-refractivity contribution in [3.05, 3.63) is 18.2 Å². The number of alkyl halides is 3. The number of halogens is 3. The molecule has 19 heavy (non-hydrogen) atoms. The number of carbonyl (C=O) groups excluding carboxylic acids is 1. The molecule has 1 aromatic rings. The van der Waals surface area contributed by atoms with Gasteiger partial charge in [0.15, 0.2) is 0 Å². The summed E-state index contributed by atoms with van der Waals surface area (Å²) in [7, 11) is -2.96. The number of primary sulfonamides is 1. The van der Waals surface area contributed by atoms with E-state index < -0.39 is 32.7 Å². The minimum absolute atomic E-state index is 0.134. The van der Waals surface area contributed by atoms with E-state index in [1.54, 1.807) is 0 Å². The van der Waals surface area contributed by atoms with Crippen molar-refractivity contribution in [1.29, 1.82) is 0 Å². The summed E-state index contributed by atoms with van der Waals surface area (Å²) in [4.78, 5) is 10.3. The first-order chi connectivity index (χ1) is 8.55. The lowest BCUT2D eigenvalue weighted by atomic mass is 10.3. The molecule has 0 spiro atoms. The van der Waals surface area contributed by atoms with Gasteiger partial charge in [0, 0.05) is 0 Å². The van der Waals surface area contributed by atoms with E-state index in [2.05, 4.69) is 0 Å². The largest absolute Gasteiger partial charge is 0.495 e. The van der Waals surface area contributed by atoms with Crippen molar-refractivity contribution in [3.63, 3.8) is 0 Å². The molecule has 1 rings (SSSR count). The first-order valence-electron chi connectivity index (χ1n) is 4.64. The molecular formula is C9H9F3N2O4S. The standard InChI is InChI=1S/C9H9F3N2O4S/c1-18-7-3-2-5(19(13,16)17)4-6(7)14-8(15)9(10,11)12/h2-4H,1H3,(H,14,15)(H2,13,16,17). The van der Waals surface area contributed by atoms with Crippen molar-refractivity contribution < 1.29 is 31.1 Å². The number of nitrogens with one attached hydrogen (secondary N) is 1. The second-order valence-corrected chi connectivity index (χ2v) is 4.92. The smallest absolute Gasteiger partial charge is 0.471 e. The zero-order valence-electron chi connectivity index (χ0n) is 9.48. The summed E-state index contributed by atoms with van der Waals surface area (Å²) in [6.45, 7) is 0. The maximum atomic E-state index is 12.1. The maximum absolute atomic E-state index is 12.1. The summed E-state index contributed by atoms with van der Waals surface area (Å²) in [6.07, 6.45) is -5.11. The Balaban J connectivity index is 3.21. The van der Waals surface area contributed by atoms with Crippen LogP contribution in [0.25, 0.3) is 0 Å². The van der Waals surface area contributed by atoms with Gasteiger partial charge in [0.1, 0.15) is 5.75 Å². The van der Waals surface area contributed by atoms with Gasteiger partial charge >= 0.3 is 12.1 Å². The Morgan fingerprint density at radius 1 is 1.37 bits per heavy atom. The number of hydrogen-bond acceptors (Lipinski definition) is 4. The normalized spacial score (nSPS) is 12.1. The number of anilines is 1. The van der Waals surface area contributed by atoms with E-state index in [1.807, 2.05) is 0 Å². The molecule has 0 radical (unpaired) electrons. The highest BCUT2D eigenvalue weighted by atomic mass is 32.2. The SMILES string of the molecule is COc1ccc(S(N)(=O)=O)cc1NC(=O)C(F)(F)F. The van der Waals surface area contributed by atoms with Crippen molar-refractivity contribution in [2.45, 2.75) is 11.1 Å². The molecule has 10 heteroatoms. The fourth-order valence-electron chi connectivity index (χ4n) is 1.15. The number of amides is 1. The summed E-state index contributed by atoms with van der Waals surface area (Å²) in [6, 6.07) is 2.89. The van der Waals surface area contributed by atoms with Crippen LogP contribution in [0.3, 0.4) is 0 Å². The van der Waals surface area contributed by atoms with Gasteiger partial charge in [0.05, 0.1) is 17.7 Å². The van der Waals surface area contributed by atoms with Crippen LogP contribution in [-0.4, -0.2) is 27.6 Å². The Bertz CT molecular complexity index is 598. The van der Waals surface area contributed by atoms with Gasteiger partial charge in [-0.15, -0.1) is 0 Å². The summed E-state index contributed by atoms with van der Waals surface area (Å²) < 4.78 is 63.2. The van der Waals surface area contributed by atoms with Gasteiger partial charge in [-0.1, -0.05) is 0 Å². The monoisotopic (exact) mass is 298 g/mol. The second-order valence-electron chi connectivity index (χ2n) is 3.36. The maximum Gasteiger partial charge on any atom is 0.471 e. The molecule has 0 aromatic heterocycles. The van der Waals surface area contributed by atoms with E-state index >= 15 is 0 Å². The van der Waals surface area contributed by atoms with Crippen LogP contribution in [0, 0.1) is 0 Å². The molecule has 6 nitrogen and oxygen atoms in total. The number of nitrogens with two attached hydrogens (primary N) is 1. The van der Waals surface area contributed by atoms with E-state index in [0.29, 0.717) is 0 Å². The van der Waals surface area contributed by atoms with Crippen LogP contribution in [0.15, 0.2) is 23.1 Å². The van der Waals surface area contributed by atoms with Crippen LogP contribution >= 0.6 is 0 Å². The van der Waals surface area contributed by atoms with E-state index in [1.165, 1.54) is 5.32 Å². The van der Waals surface area contributed by atoms with Crippen molar-refractivity contribution in [1.82, 2.24) is 0 Å². The third-order valence-electron chi connectivity index (χ3n) is 2.01. The highest BCUT2D eigenvalue weighted by molar-refractivity contribution is 7.89. The van der Waals surface area contributed by atoms with Gasteiger partial charge in [0.2, 0.25) is 10.0 Å². The number of benzene rings is 1. The lowest BCUT2D eigenvalue weighted by Crippen LogP contribution is -2.30. The molecule has 0 bridgehead atoms. The number of ether oxygens (including phenoxy) is 1. The fourth-order valence-corrected chi connectivity index (χ4v) is 1.69. The fraction of sp³-hybridized carbons (Fsp3) is 0.222. The molecule has 1 amide bonds. The summed E-state index contributed by atoms with van der Waals surface area (Å²) in [5, 5.41) is 6.34. The van der Waals surface area contributed by atoms with E-state index in [0.717, 1.165) is 25.3 Å². The molecule has 0 aliphatic carbocycles. The molecular weight excluding hydrogens is 289 g/mol. The van der Waals surface area contributed by atoms with Gasteiger partial charge in [0.25, 0.3) is 0 Å². The molecule has 106 valence electrons. The summed E-state index contributed by atoms with van der Waals surface area (Å²) in [5.74, 6) is -2.39. The average Bonchev–Trinajstić information content (AvgIpc) is 2.26. The van der Waals surface area contributed by atoms with Crippen molar-refractivity contribution in [2.75, 3.05) is 12.4 Å². The van der Waals surface area contributed by atoms with E-state index in [-0.39, 0.29) is 5.75 Å². The van der Waals surface area contributed by atoms with E-state index in [9.17, 15) is 26.4 Å². The zero-order valence-corrected chi connectivity index (χ0v) is 10.3. The number of methoxy groups -OCH3 is 1. The Labute approximate surface area is 106 Å². The summed E-state index contributed by atoms with van der Waals surface area (Å²) in [5.41, 5.74) is -0.448. The van der Waals surface area contributed by atoms with Crippen LogP contribution in [0.1, 0.15) is 0 Å². The summed E-state index contributed by atoms with van der Waals surface area (Å²) >= 11 is 0. The minimum atomic E-state index is -5.11. The predicted molar refractivity (Wildman–Crippen MR) is 59.1 cm³/mol. The molecule has 0 atom stereocenters. The van der Waals surface area contributed by atoms with Crippen LogP contribution in [0.2, 0.25) is 0 Å². The molecule has 0 aliphatic heterocycles. The molecule has 3 N–H and O–H groups in total. The molecule has 0 heterocycles. The van der Waals surface area contributed by atoms with Crippen molar-refractivity contribution in [3.8, 4) is 5.75 Å². The van der Waals surface area contributed by atoms with Crippen molar-refractivity contribution >= 4 is 21.6 Å². The number of rotatable bonds is 3. The first-order valence-corrected chi connectivity index (χ1v) is 6.19. The highest BCUT2D eigenvalue weighted by Gasteiger charge is 2.39. The van der Waals surface area contributed by atoms with Crippen LogP contribution in [-0.2, 0) is 14.8 Å². The Hall–Kier alpha value is -1.81. The molecule has 0 fully saturated rings. The lowest BCUT2D eigenvalue weighted by molar-refractivity contribution is -0.167. The molecule has 0 saturated heterocycles. The van der Waals surface area contributed by atoms with E-state index in [4.69, 9.17) is 9.88 Å². The Morgan fingerprint density at radius 3 is 2.37 bits per heavy atom. The van der Waals surface area contributed by atoms with Crippen molar-refractivity contribution in [2.24, 2.45) is 5.14 Å². The molecule has 1 aromatic carbocycles. The third-order valence-corrected chi connectivity index (χ3v) is 2.92. The van der Waals surface area contributed by atoms with Crippen LogP contribution < -0.4 is 15.2 Å². The number of sulfonamides is 1. The second kappa shape index (κ2) is 5.05. The topological polar surface area (TPSA) is 98.5 Å². The highest BCUT2D eigenvalue weighted by Crippen LogP contribution is 2.28. The third kappa shape index (κ3) is 3.83. The molecule has 0 unspecified atom stereocenters. The van der Waals surface area contributed by atoms with Gasteiger partial charge < -0.3 is 10.1 Å². The van der Waals surface area contributed by atoms with Crippen LogP contribution in [0.4, 0.5) is 18.9 Å². The number of hydrogen-bond donors (Lipinski definition) is 2.